The molecule has 1 aliphatic rings. The number of hydrogen-bond acceptors (Lipinski definition) is 4. The van der Waals surface area contributed by atoms with Gasteiger partial charge in [-0.2, -0.15) is 5.26 Å². The maximum Gasteiger partial charge on any atom is 0.165 e. The van der Waals surface area contributed by atoms with Gasteiger partial charge in [0.25, 0.3) is 0 Å². The Kier molecular flexibility index (Phi) is 3.19. The molecule has 4 nitrogen and oxygen atoms in total. The van der Waals surface area contributed by atoms with Crippen LogP contribution in [0.25, 0.3) is 0 Å². The maximum absolute atomic E-state index is 8.95. The van der Waals surface area contributed by atoms with Crippen molar-refractivity contribution in [2.45, 2.75) is 32.7 Å². The van der Waals surface area contributed by atoms with Gasteiger partial charge in [-0.1, -0.05) is 6.92 Å². The van der Waals surface area contributed by atoms with Crippen LogP contribution in [0.4, 0.5) is 11.5 Å². The van der Waals surface area contributed by atoms with Crippen LogP contribution in [0.1, 0.15) is 32.4 Å². The molecule has 1 aromatic heterocycles. The first-order valence-corrected chi connectivity index (χ1v) is 6.06. The van der Waals surface area contributed by atoms with Crippen LogP contribution in [0.5, 0.6) is 0 Å². The summed E-state index contributed by atoms with van der Waals surface area (Å²) in [5.41, 5.74) is 6.47. The highest BCUT2D eigenvalue weighted by molar-refractivity contribution is 5.55. The fourth-order valence-corrected chi connectivity index (χ4v) is 2.37. The molecule has 0 saturated carbocycles. The largest absolute Gasteiger partial charge is 0.396 e. The van der Waals surface area contributed by atoms with Crippen LogP contribution in [0.3, 0.4) is 0 Å². The smallest absolute Gasteiger partial charge is 0.165 e. The van der Waals surface area contributed by atoms with Crippen molar-refractivity contribution in [1.82, 2.24) is 4.98 Å². The molecule has 0 amide bonds. The van der Waals surface area contributed by atoms with Gasteiger partial charge >= 0.3 is 0 Å². The summed E-state index contributed by atoms with van der Waals surface area (Å²) >= 11 is 0. The van der Waals surface area contributed by atoms with Gasteiger partial charge in [0.2, 0.25) is 0 Å². The van der Waals surface area contributed by atoms with Gasteiger partial charge in [0.05, 0.1) is 5.69 Å². The molecule has 2 unspecified atom stereocenters. The van der Waals surface area contributed by atoms with Gasteiger partial charge in [0.1, 0.15) is 11.9 Å². The van der Waals surface area contributed by atoms with E-state index in [1.807, 2.05) is 12.1 Å². The third-order valence-electron chi connectivity index (χ3n) is 3.69. The number of hydrogen-bond donors (Lipinski definition) is 1. The number of nitrogens with two attached hydrogens (primary N) is 1. The van der Waals surface area contributed by atoms with Gasteiger partial charge < -0.3 is 10.6 Å². The highest BCUT2D eigenvalue weighted by Gasteiger charge is 2.25. The monoisotopic (exact) mass is 230 g/mol. The average Bonchev–Trinajstić information content (AvgIpc) is 2.34. The van der Waals surface area contributed by atoms with E-state index in [4.69, 9.17) is 11.0 Å². The normalized spacial score (nSPS) is 24.4. The highest BCUT2D eigenvalue weighted by atomic mass is 15.2. The first-order chi connectivity index (χ1) is 8.13. The number of piperidine rings is 1. The molecule has 17 heavy (non-hydrogen) atoms. The van der Waals surface area contributed by atoms with E-state index in [1.165, 1.54) is 12.8 Å². The topological polar surface area (TPSA) is 65.9 Å². The van der Waals surface area contributed by atoms with Crippen LogP contribution >= 0.6 is 0 Å². The molecule has 90 valence electrons. The molecule has 1 aliphatic heterocycles. The van der Waals surface area contributed by atoms with Crippen LogP contribution in [0.15, 0.2) is 12.1 Å². The zero-order valence-electron chi connectivity index (χ0n) is 10.3. The Bertz CT molecular complexity index is 449. The van der Waals surface area contributed by atoms with E-state index in [0.29, 0.717) is 23.3 Å². The van der Waals surface area contributed by atoms with Crippen molar-refractivity contribution in [2.75, 3.05) is 17.2 Å². The summed E-state index contributed by atoms with van der Waals surface area (Å²) in [6, 6.07) is 6.18. The van der Waals surface area contributed by atoms with Gasteiger partial charge in [0.15, 0.2) is 5.69 Å². The lowest BCUT2D eigenvalue weighted by Gasteiger charge is -2.38. The number of pyridine rings is 1. The molecular weight excluding hydrogens is 212 g/mol. The highest BCUT2D eigenvalue weighted by Crippen LogP contribution is 2.28. The zero-order chi connectivity index (χ0) is 12.4. The second-order valence-electron chi connectivity index (χ2n) is 4.77. The van der Waals surface area contributed by atoms with Crippen molar-refractivity contribution in [3.8, 4) is 6.07 Å². The molecule has 0 aromatic carbocycles. The summed E-state index contributed by atoms with van der Waals surface area (Å²) in [7, 11) is 0. The standard InChI is InChI=1S/C13H18N4/c1-9-4-3-7-17(10(9)2)13-6-5-11(15)12(8-14)16-13/h5-6,9-10H,3-4,7,15H2,1-2H3. The van der Waals surface area contributed by atoms with Crippen molar-refractivity contribution < 1.29 is 0 Å². The van der Waals surface area contributed by atoms with E-state index in [2.05, 4.69) is 23.7 Å². The molecule has 2 atom stereocenters. The molecule has 0 bridgehead atoms. The van der Waals surface area contributed by atoms with Crippen LogP contribution < -0.4 is 10.6 Å². The Morgan fingerprint density at radius 1 is 1.47 bits per heavy atom. The minimum atomic E-state index is 0.327. The van der Waals surface area contributed by atoms with Crippen molar-refractivity contribution in [3.05, 3.63) is 17.8 Å². The first kappa shape index (κ1) is 11.7. The maximum atomic E-state index is 8.95. The lowest BCUT2D eigenvalue weighted by molar-refractivity contribution is 0.361. The van der Waals surface area contributed by atoms with Crippen molar-refractivity contribution in [3.63, 3.8) is 0 Å². The third kappa shape index (κ3) is 2.19. The van der Waals surface area contributed by atoms with Gasteiger partial charge in [-0.05, 0) is 37.8 Å². The average molecular weight is 230 g/mol. The molecule has 1 aromatic rings. The summed E-state index contributed by atoms with van der Waals surface area (Å²) in [5.74, 6) is 1.53. The lowest BCUT2D eigenvalue weighted by atomic mass is 9.92. The van der Waals surface area contributed by atoms with Crippen LogP contribution in [0, 0.1) is 17.2 Å². The molecule has 2 rings (SSSR count). The van der Waals surface area contributed by atoms with E-state index in [1.54, 1.807) is 6.07 Å². The van der Waals surface area contributed by atoms with E-state index in [9.17, 15) is 0 Å². The molecule has 1 saturated heterocycles. The van der Waals surface area contributed by atoms with Gasteiger partial charge in [-0.3, -0.25) is 0 Å². The molecular formula is C13H18N4. The van der Waals surface area contributed by atoms with Crippen LogP contribution in [-0.2, 0) is 0 Å². The predicted octanol–water partition coefficient (Wildman–Crippen LogP) is 2.16. The number of anilines is 2. The molecule has 2 heterocycles. The Morgan fingerprint density at radius 3 is 2.94 bits per heavy atom. The SMILES string of the molecule is CC1CCCN(c2ccc(N)c(C#N)n2)C1C. The minimum absolute atomic E-state index is 0.327. The molecule has 0 aliphatic carbocycles. The predicted molar refractivity (Wildman–Crippen MR) is 68.6 cm³/mol. The zero-order valence-corrected chi connectivity index (χ0v) is 10.3. The van der Waals surface area contributed by atoms with E-state index < -0.39 is 0 Å². The van der Waals surface area contributed by atoms with Crippen molar-refractivity contribution in [2.24, 2.45) is 5.92 Å². The van der Waals surface area contributed by atoms with Crippen molar-refractivity contribution in [1.29, 1.82) is 5.26 Å². The summed E-state index contributed by atoms with van der Waals surface area (Å²) in [4.78, 5) is 6.61. The minimum Gasteiger partial charge on any atom is -0.396 e. The van der Waals surface area contributed by atoms with E-state index in [0.717, 1.165) is 12.4 Å². The van der Waals surface area contributed by atoms with Crippen LogP contribution in [0.2, 0.25) is 0 Å². The van der Waals surface area contributed by atoms with Gasteiger partial charge in [0, 0.05) is 12.6 Å². The van der Waals surface area contributed by atoms with Gasteiger partial charge in [-0.25, -0.2) is 4.98 Å². The Labute approximate surface area is 102 Å². The fraction of sp³-hybridized carbons (Fsp3) is 0.538. The molecule has 2 N–H and O–H groups in total. The number of nitrogen functional groups attached to an aromatic ring is 1. The second kappa shape index (κ2) is 4.62. The summed E-state index contributed by atoms with van der Waals surface area (Å²) in [6.45, 7) is 5.49. The van der Waals surface area contributed by atoms with Crippen molar-refractivity contribution >= 4 is 11.5 Å². The molecule has 1 fully saturated rings. The Balaban J connectivity index is 2.31. The third-order valence-corrected chi connectivity index (χ3v) is 3.69. The molecule has 0 radical (unpaired) electrons. The Morgan fingerprint density at radius 2 is 2.24 bits per heavy atom. The molecule has 0 spiro atoms. The lowest BCUT2D eigenvalue weighted by Crippen LogP contribution is -2.43. The van der Waals surface area contributed by atoms with Crippen LogP contribution in [-0.4, -0.2) is 17.6 Å². The fourth-order valence-electron chi connectivity index (χ4n) is 2.37. The number of nitriles is 1. The van der Waals surface area contributed by atoms with Gasteiger partial charge in [-0.15, -0.1) is 0 Å². The van der Waals surface area contributed by atoms with E-state index >= 15 is 0 Å². The summed E-state index contributed by atoms with van der Waals surface area (Å²) in [5, 5.41) is 8.95. The quantitative estimate of drug-likeness (QED) is 0.802. The number of nitrogens with zero attached hydrogens (tertiary/aromatic N) is 3. The number of rotatable bonds is 1. The molecule has 4 heteroatoms. The summed E-state index contributed by atoms with van der Waals surface area (Å²) in [6.07, 6.45) is 2.44. The number of aromatic nitrogens is 1. The van der Waals surface area contributed by atoms with E-state index in [-0.39, 0.29) is 0 Å². The second-order valence-corrected chi connectivity index (χ2v) is 4.77. The summed E-state index contributed by atoms with van der Waals surface area (Å²) < 4.78 is 0. The first-order valence-electron chi connectivity index (χ1n) is 6.06. The Hall–Kier alpha value is -1.76.